The van der Waals surface area contributed by atoms with Gasteiger partial charge in [0.05, 0.1) is 30.1 Å². The van der Waals surface area contributed by atoms with Crippen LogP contribution in [0, 0.1) is 33.8 Å². The Kier molecular flexibility index (Phi) is 5.68. The van der Waals surface area contributed by atoms with Crippen molar-refractivity contribution in [3.05, 3.63) is 74.3 Å². The number of benzene rings is 2. The largest absolute Gasteiger partial charge is 0.493 e. The number of halogens is 1. The molecule has 2 amide bonds. The van der Waals surface area contributed by atoms with Crippen LogP contribution in [0.15, 0.2) is 58.1 Å². The molecule has 9 nitrogen and oxygen atoms in total. The lowest BCUT2D eigenvalue weighted by Gasteiger charge is -2.15. The van der Waals surface area contributed by atoms with Crippen LogP contribution in [-0.4, -0.2) is 35.1 Å². The summed E-state index contributed by atoms with van der Waals surface area (Å²) < 4.78 is 12.1. The molecule has 1 saturated carbocycles. The van der Waals surface area contributed by atoms with Crippen LogP contribution in [0.4, 0.5) is 5.69 Å². The molecule has 5 rings (SSSR count). The third kappa shape index (κ3) is 3.77. The van der Waals surface area contributed by atoms with Gasteiger partial charge in [-0.15, -0.1) is 0 Å². The van der Waals surface area contributed by atoms with E-state index in [4.69, 9.17) is 9.47 Å². The Balaban J connectivity index is 1.41. The number of nitro benzene ring substituents is 1. The molecule has 3 aliphatic rings. The number of nitrogens with zero attached hydrogens (tertiary/aromatic N) is 3. The van der Waals surface area contributed by atoms with Gasteiger partial charge in [0.25, 0.3) is 17.5 Å². The van der Waals surface area contributed by atoms with Crippen molar-refractivity contribution in [2.75, 3.05) is 7.11 Å². The predicted octanol–water partition coefficient (Wildman–Crippen LogP) is 4.09. The van der Waals surface area contributed by atoms with Crippen LogP contribution in [0.5, 0.6) is 11.5 Å². The molecule has 4 atom stereocenters. The average molecular weight is 526 g/mol. The molecule has 0 radical (unpaired) electrons. The molecular formula is C24H20BrN3O6. The number of nitro groups is 1. The number of methoxy groups -OCH3 is 1. The van der Waals surface area contributed by atoms with Gasteiger partial charge in [0, 0.05) is 22.2 Å². The third-order valence-electron chi connectivity index (χ3n) is 6.53. The van der Waals surface area contributed by atoms with Gasteiger partial charge in [-0.3, -0.25) is 19.7 Å². The summed E-state index contributed by atoms with van der Waals surface area (Å²) in [5, 5.41) is 16.3. The van der Waals surface area contributed by atoms with E-state index in [2.05, 4.69) is 21.0 Å². The number of fused-ring (bicyclic) bond motifs is 5. The van der Waals surface area contributed by atoms with Crippen molar-refractivity contribution in [2.24, 2.45) is 28.8 Å². The van der Waals surface area contributed by atoms with Gasteiger partial charge in [-0.05, 0) is 36.0 Å². The minimum absolute atomic E-state index is 0.0364. The van der Waals surface area contributed by atoms with Crippen molar-refractivity contribution in [1.82, 2.24) is 5.01 Å². The fourth-order valence-electron chi connectivity index (χ4n) is 5.03. The Labute approximate surface area is 203 Å². The highest BCUT2D eigenvalue weighted by atomic mass is 79.9. The molecule has 34 heavy (non-hydrogen) atoms. The molecule has 174 valence electrons. The standard InChI is InChI=1S/C24H20BrN3O6/c1-33-19-10-17(25)9-16(22(19)34-12-13-3-2-4-18(7-13)28(31)32)11-26-27-23(29)20-14-5-6-15(8-14)21(20)24(27)30/h2-7,9-11,14-15,20-21H,8,12H2,1H3/t14-,15-,20-,21+/m0/s1. The predicted molar refractivity (Wildman–Crippen MR) is 125 cm³/mol. The zero-order valence-electron chi connectivity index (χ0n) is 18.1. The molecule has 0 unspecified atom stereocenters. The molecule has 2 aromatic rings. The molecule has 1 heterocycles. The van der Waals surface area contributed by atoms with Crippen molar-refractivity contribution in [3.63, 3.8) is 0 Å². The lowest BCUT2D eigenvalue weighted by molar-refractivity contribution is -0.384. The lowest BCUT2D eigenvalue weighted by Crippen LogP contribution is -2.28. The van der Waals surface area contributed by atoms with Gasteiger partial charge < -0.3 is 9.47 Å². The Morgan fingerprint density at radius 3 is 2.53 bits per heavy atom. The van der Waals surface area contributed by atoms with Gasteiger partial charge in [-0.25, -0.2) is 0 Å². The maximum Gasteiger partial charge on any atom is 0.269 e. The summed E-state index contributed by atoms with van der Waals surface area (Å²) in [7, 11) is 1.49. The van der Waals surface area contributed by atoms with E-state index in [0.717, 1.165) is 11.4 Å². The number of carbonyl (C=O) groups excluding carboxylic acids is 2. The van der Waals surface area contributed by atoms with E-state index in [0.29, 0.717) is 27.1 Å². The molecule has 10 heteroatoms. The molecule has 0 N–H and O–H groups in total. The van der Waals surface area contributed by atoms with E-state index in [1.807, 2.05) is 12.2 Å². The molecule has 0 spiro atoms. The highest BCUT2D eigenvalue weighted by Crippen LogP contribution is 2.52. The summed E-state index contributed by atoms with van der Waals surface area (Å²) in [6, 6.07) is 9.58. The van der Waals surface area contributed by atoms with Gasteiger partial charge in [-0.1, -0.05) is 40.2 Å². The maximum atomic E-state index is 12.9. The Morgan fingerprint density at radius 2 is 1.88 bits per heavy atom. The van der Waals surface area contributed by atoms with E-state index in [9.17, 15) is 19.7 Å². The maximum absolute atomic E-state index is 12.9. The highest BCUT2D eigenvalue weighted by molar-refractivity contribution is 9.10. The van der Waals surface area contributed by atoms with Crippen molar-refractivity contribution < 1.29 is 24.0 Å². The zero-order chi connectivity index (χ0) is 24.0. The minimum atomic E-state index is -0.469. The molecule has 2 aliphatic carbocycles. The average Bonchev–Trinajstić information content (AvgIpc) is 3.51. The quantitative estimate of drug-likeness (QED) is 0.177. The van der Waals surface area contributed by atoms with Gasteiger partial charge in [-0.2, -0.15) is 10.1 Å². The number of hydrazone groups is 1. The lowest BCUT2D eigenvalue weighted by atomic mass is 9.85. The SMILES string of the molecule is COc1cc(Br)cc(C=NN2C(=O)[C@@H]3[C@H](C2=O)[C@H]2C=C[C@H]3C2)c1OCc1cccc([N+](=O)[O-])c1. The summed E-state index contributed by atoms with van der Waals surface area (Å²) in [6.07, 6.45) is 6.32. The second-order valence-electron chi connectivity index (χ2n) is 8.47. The first kappa shape index (κ1) is 22.3. The van der Waals surface area contributed by atoms with Crippen molar-refractivity contribution in [2.45, 2.75) is 13.0 Å². The van der Waals surface area contributed by atoms with Gasteiger partial charge in [0.2, 0.25) is 0 Å². The number of hydrogen-bond acceptors (Lipinski definition) is 7. The Hall–Kier alpha value is -3.53. The number of rotatable bonds is 7. The Bertz CT molecular complexity index is 1230. The molecule has 2 fully saturated rings. The van der Waals surface area contributed by atoms with Crippen LogP contribution in [0.3, 0.4) is 0 Å². The smallest absolute Gasteiger partial charge is 0.269 e. The first-order valence-electron chi connectivity index (χ1n) is 10.7. The normalized spacial score (nSPS) is 24.8. The van der Waals surface area contributed by atoms with Crippen molar-refractivity contribution in [3.8, 4) is 11.5 Å². The van der Waals surface area contributed by atoms with Gasteiger partial charge in [0.15, 0.2) is 11.5 Å². The topological polar surface area (TPSA) is 111 Å². The fourth-order valence-corrected chi connectivity index (χ4v) is 5.48. The summed E-state index contributed by atoms with van der Waals surface area (Å²) in [4.78, 5) is 36.4. The summed E-state index contributed by atoms with van der Waals surface area (Å²) >= 11 is 3.42. The number of imide groups is 1. The van der Waals surface area contributed by atoms with Crippen LogP contribution < -0.4 is 9.47 Å². The van der Waals surface area contributed by atoms with E-state index in [1.54, 1.807) is 24.3 Å². The fraction of sp³-hybridized carbons (Fsp3) is 0.292. The summed E-state index contributed by atoms with van der Waals surface area (Å²) in [5.41, 5.74) is 1.05. The molecule has 1 saturated heterocycles. The number of non-ortho nitro benzene ring substituents is 1. The molecule has 2 aromatic carbocycles. The van der Waals surface area contributed by atoms with Crippen LogP contribution in [0.2, 0.25) is 0 Å². The van der Waals surface area contributed by atoms with E-state index in [1.165, 1.54) is 25.5 Å². The number of amides is 2. The Morgan fingerprint density at radius 1 is 1.18 bits per heavy atom. The van der Waals surface area contributed by atoms with Crippen LogP contribution in [0.25, 0.3) is 0 Å². The molecule has 1 aliphatic heterocycles. The monoisotopic (exact) mass is 525 g/mol. The third-order valence-corrected chi connectivity index (χ3v) is 6.99. The first-order chi connectivity index (χ1) is 16.4. The van der Waals surface area contributed by atoms with E-state index < -0.39 is 4.92 Å². The van der Waals surface area contributed by atoms with E-state index in [-0.39, 0.29) is 47.8 Å². The van der Waals surface area contributed by atoms with Crippen molar-refractivity contribution in [1.29, 1.82) is 0 Å². The second kappa shape index (κ2) is 8.68. The summed E-state index contributed by atoms with van der Waals surface area (Å²) in [6.45, 7) is 0.0429. The van der Waals surface area contributed by atoms with Gasteiger partial charge in [0.1, 0.15) is 6.61 Å². The van der Waals surface area contributed by atoms with Crippen LogP contribution >= 0.6 is 15.9 Å². The van der Waals surface area contributed by atoms with Gasteiger partial charge >= 0.3 is 0 Å². The van der Waals surface area contributed by atoms with Crippen molar-refractivity contribution >= 4 is 39.6 Å². The van der Waals surface area contributed by atoms with E-state index >= 15 is 0 Å². The number of allylic oxidation sites excluding steroid dienone is 2. The highest BCUT2D eigenvalue weighted by Gasteiger charge is 2.59. The van der Waals surface area contributed by atoms with Crippen LogP contribution in [0.1, 0.15) is 17.5 Å². The molecular weight excluding hydrogens is 506 g/mol. The molecule has 0 aromatic heterocycles. The zero-order valence-corrected chi connectivity index (χ0v) is 19.7. The number of hydrogen-bond donors (Lipinski definition) is 0. The summed E-state index contributed by atoms with van der Waals surface area (Å²) in [5.74, 6) is -0.268. The number of ether oxygens (including phenoxy) is 2. The van der Waals surface area contributed by atoms with Crippen LogP contribution in [-0.2, 0) is 16.2 Å². The number of carbonyl (C=O) groups is 2. The minimum Gasteiger partial charge on any atom is -0.493 e. The second-order valence-corrected chi connectivity index (χ2v) is 9.39. The first-order valence-corrected chi connectivity index (χ1v) is 11.5. The molecule has 2 bridgehead atoms.